The number of rotatable bonds is 8. The van der Waals surface area contributed by atoms with Crippen LogP contribution in [-0.4, -0.2) is 46.4 Å². The first kappa shape index (κ1) is 23.0. The number of nitrogens with zero attached hydrogens (tertiary/aromatic N) is 1. The maximum atomic E-state index is 15.5. The van der Waals surface area contributed by atoms with Crippen molar-refractivity contribution in [3.63, 3.8) is 0 Å². The summed E-state index contributed by atoms with van der Waals surface area (Å²) >= 11 is 1.26. The Morgan fingerprint density at radius 1 is 1.11 bits per heavy atom. The molecule has 0 unspecified atom stereocenters. The third kappa shape index (κ3) is 4.76. The van der Waals surface area contributed by atoms with Gasteiger partial charge >= 0.3 is 5.97 Å². The Labute approximate surface area is 204 Å². The molecule has 35 heavy (non-hydrogen) atoms. The standard InChI is InChI=1S/C25H22FN3O5S/c26-23-16(15-5-7-20-21(11-15)34-9-8-33-20)2-1-3-18(23)28-24-17-6-4-14(10-22(17)35-29-24)12-27-19(13-30)25(31)32/h1-7,10-11,19,27,30H,8-9,12-13H2,(H,28,29)(H,31,32)/t19-/m0/s1. The summed E-state index contributed by atoms with van der Waals surface area (Å²) in [6.45, 7) is 0.728. The molecular formula is C25H22FN3O5S. The molecule has 5 rings (SSSR count). The molecule has 3 aromatic carbocycles. The van der Waals surface area contributed by atoms with Crippen LogP contribution in [0.15, 0.2) is 54.6 Å². The van der Waals surface area contributed by atoms with Gasteiger partial charge in [-0.05, 0) is 53.0 Å². The number of hydrogen-bond donors (Lipinski definition) is 4. The quantitative estimate of drug-likeness (QED) is 0.288. The van der Waals surface area contributed by atoms with Gasteiger partial charge < -0.3 is 25.0 Å². The predicted octanol–water partition coefficient (Wildman–Crippen LogP) is 4.15. The third-order valence-corrected chi connectivity index (χ3v) is 6.48. The fraction of sp³-hybridized carbons (Fsp3) is 0.200. The molecule has 0 fully saturated rings. The highest BCUT2D eigenvalue weighted by Crippen LogP contribution is 2.37. The summed E-state index contributed by atoms with van der Waals surface area (Å²) < 4.78 is 32.0. The number of nitrogens with one attached hydrogen (secondary N) is 2. The summed E-state index contributed by atoms with van der Waals surface area (Å²) in [6.07, 6.45) is 0. The van der Waals surface area contributed by atoms with Crippen LogP contribution in [0.1, 0.15) is 5.56 Å². The van der Waals surface area contributed by atoms with Gasteiger partial charge in [-0.25, -0.2) is 4.39 Å². The molecule has 1 atom stereocenters. The van der Waals surface area contributed by atoms with Gasteiger partial charge in [0.1, 0.15) is 19.3 Å². The number of carboxylic acid groups (broad SMARTS) is 1. The first-order valence-corrected chi connectivity index (χ1v) is 11.7. The average Bonchev–Trinajstić information content (AvgIpc) is 3.27. The van der Waals surface area contributed by atoms with Crippen LogP contribution < -0.4 is 20.1 Å². The first-order chi connectivity index (χ1) is 17.0. The van der Waals surface area contributed by atoms with Crippen molar-refractivity contribution in [2.75, 3.05) is 25.1 Å². The van der Waals surface area contributed by atoms with Gasteiger partial charge in [-0.15, -0.1) is 0 Å². The minimum absolute atomic E-state index is 0.278. The van der Waals surface area contributed by atoms with Crippen LogP contribution >= 0.6 is 11.5 Å². The Bertz CT molecular complexity index is 1390. The molecule has 0 bridgehead atoms. The average molecular weight is 496 g/mol. The molecular weight excluding hydrogens is 473 g/mol. The Hall–Kier alpha value is -3.73. The Kier molecular flexibility index (Phi) is 6.49. The van der Waals surface area contributed by atoms with Crippen molar-refractivity contribution < 1.29 is 28.9 Å². The van der Waals surface area contributed by atoms with Crippen molar-refractivity contribution in [2.45, 2.75) is 12.6 Å². The number of benzene rings is 3. The van der Waals surface area contributed by atoms with Crippen molar-refractivity contribution in [1.29, 1.82) is 0 Å². The van der Waals surface area contributed by atoms with Gasteiger partial charge in [-0.2, -0.15) is 4.37 Å². The van der Waals surface area contributed by atoms with Gasteiger partial charge in [0.25, 0.3) is 0 Å². The van der Waals surface area contributed by atoms with Crippen molar-refractivity contribution in [3.8, 4) is 22.6 Å². The Morgan fingerprint density at radius 3 is 2.74 bits per heavy atom. The minimum atomic E-state index is -1.11. The second-order valence-corrected chi connectivity index (χ2v) is 8.77. The van der Waals surface area contributed by atoms with Crippen LogP contribution in [-0.2, 0) is 11.3 Å². The summed E-state index contributed by atoms with van der Waals surface area (Å²) in [7, 11) is 0. The van der Waals surface area contributed by atoms with E-state index in [1.54, 1.807) is 36.4 Å². The normalized spacial score (nSPS) is 13.5. The second-order valence-electron chi connectivity index (χ2n) is 7.97. The van der Waals surface area contributed by atoms with Crippen molar-refractivity contribution in [3.05, 3.63) is 66.0 Å². The Balaban J connectivity index is 1.37. The van der Waals surface area contributed by atoms with E-state index in [-0.39, 0.29) is 6.54 Å². The van der Waals surface area contributed by atoms with Crippen LogP contribution in [0.25, 0.3) is 21.2 Å². The van der Waals surface area contributed by atoms with Crippen molar-refractivity contribution >= 4 is 39.1 Å². The zero-order valence-electron chi connectivity index (χ0n) is 18.5. The number of aliphatic hydroxyl groups excluding tert-OH is 1. The molecule has 2 heterocycles. The fourth-order valence-electron chi connectivity index (χ4n) is 3.84. The fourth-order valence-corrected chi connectivity index (χ4v) is 4.64. The number of hydrogen-bond acceptors (Lipinski definition) is 8. The smallest absolute Gasteiger partial charge is 0.323 e. The number of carboxylic acids is 1. The molecule has 8 nitrogen and oxygen atoms in total. The van der Waals surface area contributed by atoms with Crippen LogP contribution in [0.2, 0.25) is 0 Å². The molecule has 0 saturated heterocycles. The monoisotopic (exact) mass is 495 g/mol. The van der Waals surface area contributed by atoms with Gasteiger partial charge in [0.05, 0.1) is 17.0 Å². The molecule has 10 heteroatoms. The lowest BCUT2D eigenvalue weighted by atomic mass is 10.0. The van der Waals surface area contributed by atoms with E-state index in [1.807, 2.05) is 18.2 Å². The summed E-state index contributed by atoms with van der Waals surface area (Å²) in [5.41, 5.74) is 2.25. The number of aliphatic carboxylic acids is 1. The molecule has 0 radical (unpaired) electrons. The number of ether oxygens (including phenoxy) is 2. The lowest BCUT2D eigenvalue weighted by Gasteiger charge is -2.19. The molecule has 0 saturated carbocycles. The van der Waals surface area contributed by atoms with Crippen molar-refractivity contribution in [1.82, 2.24) is 9.69 Å². The molecule has 0 aliphatic carbocycles. The number of carbonyl (C=O) groups is 1. The van der Waals surface area contributed by atoms with Gasteiger partial charge in [0.2, 0.25) is 0 Å². The highest BCUT2D eigenvalue weighted by Gasteiger charge is 2.18. The lowest BCUT2D eigenvalue weighted by Crippen LogP contribution is -2.39. The van der Waals surface area contributed by atoms with Gasteiger partial charge in [-0.1, -0.05) is 24.3 Å². The Morgan fingerprint density at radius 2 is 1.94 bits per heavy atom. The van der Waals surface area contributed by atoms with Gasteiger partial charge in [0, 0.05) is 17.5 Å². The van der Waals surface area contributed by atoms with E-state index in [9.17, 15) is 4.79 Å². The van der Waals surface area contributed by atoms with Gasteiger partial charge in [-0.3, -0.25) is 10.1 Å². The summed E-state index contributed by atoms with van der Waals surface area (Å²) in [6, 6.07) is 15.0. The van der Waals surface area contributed by atoms with Crippen LogP contribution in [0.4, 0.5) is 15.9 Å². The van der Waals surface area contributed by atoms with E-state index in [2.05, 4.69) is 15.0 Å². The summed E-state index contributed by atoms with van der Waals surface area (Å²) in [4.78, 5) is 11.1. The third-order valence-electron chi connectivity index (χ3n) is 5.67. The van der Waals surface area contributed by atoms with E-state index in [1.165, 1.54) is 11.5 Å². The number of halogens is 1. The highest BCUT2D eigenvalue weighted by atomic mass is 32.1. The molecule has 0 amide bonds. The van der Waals surface area contributed by atoms with E-state index < -0.39 is 24.4 Å². The summed E-state index contributed by atoms with van der Waals surface area (Å²) in [5.74, 6) is 0.249. The SMILES string of the molecule is O=C(O)[C@H](CO)NCc1ccc2c(Nc3cccc(-c4ccc5c(c4)OCCO5)c3F)nsc2c1. The largest absolute Gasteiger partial charge is 0.486 e. The maximum absolute atomic E-state index is 15.5. The molecule has 0 spiro atoms. The van der Waals surface area contributed by atoms with Crippen LogP contribution in [0.5, 0.6) is 11.5 Å². The van der Waals surface area contributed by atoms with Crippen LogP contribution in [0, 0.1) is 5.82 Å². The first-order valence-electron chi connectivity index (χ1n) is 10.9. The van der Waals surface area contributed by atoms with E-state index in [4.69, 9.17) is 19.7 Å². The minimum Gasteiger partial charge on any atom is -0.486 e. The zero-order valence-corrected chi connectivity index (χ0v) is 19.3. The molecule has 4 aromatic rings. The highest BCUT2D eigenvalue weighted by molar-refractivity contribution is 7.13. The van der Waals surface area contributed by atoms with E-state index in [0.29, 0.717) is 47.3 Å². The van der Waals surface area contributed by atoms with Gasteiger partial charge in [0.15, 0.2) is 23.1 Å². The molecule has 1 aromatic heterocycles. The van der Waals surface area contributed by atoms with E-state index in [0.717, 1.165) is 15.6 Å². The zero-order chi connectivity index (χ0) is 24.4. The second kappa shape index (κ2) is 9.87. The molecule has 1 aliphatic rings. The molecule has 1 aliphatic heterocycles. The topological polar surface area (TPSA) is 113 Å². The molecule has 4 N–H and O–H groups in total. The van der Waals surface area contributed by atoms with Crippen LogP contribution in [0.3, 0.4) is 0 Å². The predicted molar refractivity (Wildman–Crippen MR) is 131 cm³/mol. The van der Waals surface area contributed by atoms with E-state index >= 15 is 4.39 Å². The maximum Gasteiger partial charge on any atom is 0.323 e. The lowest BCUT2D eigenvalue weighted by molar-refractivity contribution is -0.140. The number of anilines is 2. The number of fused-ring (bicyclic) bond motifs is 2. The summed E-state index contributed by atoms with van der Waals surface area (Å²) in [5, 5.41) is 24.9. The number of aromatic nitrogens is 1. The number of aliphatic hydroxyl groups is 1. The van der Waals surface area contributed by atoms with Crippen molar-refractivity contribution in [2.24, 2.45) is 0 Å². The molecule has 180 valence electrons.